The van der Waals surface area contributed by atoms with Crippen molar-refractivity contribution in [1.29, 1.82) is 5.26 Å². The Morgan fingerprint density at radius 1 is 1.67 bits per heavy atom. The number of halogens is 1. The lowest BCUT2D eigenvalue weighted by Crippen LogP contribution is -1.89. The van der Waals surface area contributed by atoms with E-state index in [1.807, 2.05) is 12.3 Å². The van der Waals surface area contributed by atoms with E-state index in [4.69, 9.17) is 5.26 Å². The summed E-state index contributed by atoms with van der Waals surface area (Å²) < 4.78 is 12.6. The number of thiocyanates is 1. The topological polar surface area (TPSA) is 36.7 Å². The Morgan fingerprint density at radius 3 is 3.00 bits per heavy atom. The fourth-order valence-corrected chi connectivity index (χ4v) is 1.22. The van der Waals surface area contributed by atoms with E-state index in [1.165, 1.54) is 6.07 Å². The van der Waals surface area contributed by atoms with Crippen molar-refractivity contribution in [1.82, 2.24) is 4.98 Å². The molecule has 0 spiro atoms. The van der Waals surface area contributed by atoms with Crippen LogP contribution in [0.1, 0.15) is 17.7 Å². The first-order valence-corrected chi connectivity index (χ1v) is 4.27. The molecule has 2 nitrogen and oxygen atoms in total. The van der Waals surface area contributed by atoms with Crippen molar-refractivity contribution in [2.45, 2.75) is 12.2 Å². The fraction of sp³-hybridized carbons (Fsp3) is 0.250. The highest BCUT2D eigenvalue weighted by Crippen LogP contribution is 2.26. The lowest BCUT2D eigenvalue weighted by atomic mass is 10.2. The van der Waals surface area contributed by atoms with E-state index in [1.54, 1.807) is 6.20 Å². The molecule has 0 aliphatic carbocycles. The van der Waals surface area contributed by atoms with Crippen molar-refractivity contribution < 1.29 is 4.39 Å². The maximum absolute atomic E-state index is 12.6. The summed E-state index contributed by atoms with van der Waals surface area (Å²) in [5.74, 6) is -0.363. The summed E-state index contributed by atoms with van der Waals surface area (Å²) in [6.45, 7) is 1.84. The number of thioether (sulfide) groups is 1. The molecule has 0 amide bonds. The van der Waals surface area contributed by atoms with Gasteiger partial charge >= 0.3 is 0 Å². The average molecular weight is 182 g/mol. The van der Waals surface area contributed by atoms with Gasteiger partial charge in [-0.2, -0.15) is 5.26 Å². The van der Waals surface area contributed by atoms with Gasteiger partial charge in [0.2, 0.25) is 0 Å². The third kappa shape index (κ3) is 2.21. The third-order valence-corrected chi connectivity index (χ3v) is 2.16. The molecule has 4 heteroatoms. The Hall–Kier alpha value is -1.08. The highest BCUT2D eigenvalue weighted by atomic mass is 32.2. The van der Waals surface area contributed by atoms with Crippen LogP contribution in [0.4, 0.5) is 4.39 Å². The van der Waals surface area contributed by atoms with Crippen molar-refractivity contribution in [2.75, 3.05) is 0 Å². The summed E-state index contributed by atoms with van der Waals surface area (Å²) in [5, 5.41) is 10.3. The first-order chi connectivity index (χ1) is 5.74. The second-order valence-electron chi connectivity index (χ2n) is 2.29. The maximum Gasteiger partial charge on any atom is 0.141 e. The first kappa shape index (κ1) is 9.01. The van der Waals surface area contributed by atoms with Gasteiger partial charge in [0.15, 0.2) is 0 Å². The number of pyridine rings is 1. The Morgan fingerprint density at radius 2 is 2.42 bits per heavy atom. The lowest BCUT2D eigenvalue weighted by Gasteiger charge is -2.04. The van der Waals surface area contributed by atoms with Crippen molar-refractivity contribution >= 4 is 11.8 Å². The molecule has 1 heterocycles. The molecular formula is C8H7FN2S. The standard InChI is InChI=1S/C8H7FN2S/c1-6(12-5-10)7-2-8(9)4-11-3-7/h2-4,6H,1H3/t6-/m1/s1. The van der Waals surface area contributed by atoms with Gasteiger partial charge in [0.25, 0.3) is 0 Å². The molecule has 1 aromatic heterocycles. The highest BCUT2D eigenvalue weighted by molar-refractivity contribution is 8.03. The SMILES string of the molecule is C[C@@H](SC#N)c1cncc(F)c1. The van der Waals surface area contributed by atoms with Crippen LogP contribution in [0.3, 0.4) is 0 Å². The molecule has 0 N–H and O–H groups in total. The van der Waals surface area contributed by atoms with Gasteiger partial charge in [-0.05, 0) is 30.3 Å². The second kappa shape index (κ2) is 4.07. The van der Waals surface area contributed by atoms with E-state index in [0.29, 0.717) is 0 Å². The monoisotopic (exact) mass is 182 g/mol. The molecule has 1 atom stereocenters. The zero-order valence-corrected chi connectivity index (χ0v) is 7.31. The van der Waals surface area contributed by atoms with Crippen LogP contribution < -0.4 is 0 Å². The third-order valence-electron chi connectivity index (χ3n) is 1.42. The van der Waals surface area contributed by atoms with Gasteiger partial charge in [0.1, 0.15) is 11.2 Å². The van der Waals surface area contributed by atoms with Gasteiger partial charge in [-0.1, -0.05) is 0 Å². The minimum absolute atomic E-state index is 0.0294. The smallest absolute Gasteiger partial charge is 0.141 e. The highest BCUT2D eigenvalue weighted by Gasteiger charge is 2.06. The van der Waals surface area contributed by atoms with Gasteiger partial charge in [-0.25, -0.2) is 4.39 Å². The largest absolute Gasteiger partial charge is 0.261 e. The van der Waals surface area contributed by atoms with Gasteiger partial charge < -0.3 is 0 Å². The zero-order valence-electron chi connectivity index (χ0n) is 6.49. The number of aromatic nitrogens is 1. The van der Waals surface area contributed by atoms with Crippen LogP contribution in [0.25, 0.3) is 0 Å². The molecule has 1 aromatic rings. The molecule has 0 aliphatic rings. The van der Waals surface area contributed by atoms with Gasteiger partial charge in [0.05, 0.1) is 6.20 Å². The summed E-state index contributed by atoms with van der Waals surface area (Å²) >= 11 is 1.09. The predicted molar refractivity (Wildman–Crippen MR) is 45.8 cm³/mol. The first-order valence-electron chi connectivity index (χ1n) is 3.39. The zero-order chi connectivity index (χ0) is 8.97. The van der Waals surface area contributed by atoms with Crippen LogP contribution in [0.2, 0.25) is 0 Å². The van der Waals surface area contributed by atoms with Crippen LogP contribution in [-0.4, -0.2) is 4.98 Å². The predicted octanol–water partition coefficient (Wildman–Crippen LogP) is 2.50. The van der Waals surface area contributed by atoms with E-state index in [2.05, 4.69) is 4.98 Å². The van der Waals surface area contributed by atoms with Crippen LogP contribution in [0.15, 0.2) is 18.5 Å². The summed E-state index contributed by atoms with van der Waals surface area (Å²) in [5.41, 5.74) is 0.738. The molecule has 0 saturated heterocycles. The quantitative estimate of drug-likeness (QED) is 0.659. The van der Waals surface area contributed by atoms with Crippen LogP contribution >= 0.6 is 11.8 Å². The van der Waals surface area contributed by atoms with E-state index >= 15 is 0 Å². The lowest BCUT2D eigenvalue weighted by molar-refractivity contribution is 0.618. The molecule has 0 unspecified atom stereocenters. The number of hydrogen-bond acceptors (Lipinski definition) is 3. The molecule has 12 heavy (non-hydrogen) atoms. The van der Waals surface area contributed by atoms with Gasteiger partial charge in [-0.3, -0.25) is 4.98 Å². The molecule has 0 fully saturated rings. The summed E-state index contributed by atoms with van der Waals surface area (Å²) in [7, 11) is 0. The summed E-state index contributed by atoms with van der Waals surface area (Å²) in [6.07, 6.45) is 2.71. The number of rotatable bonds is 2. The summed E-state index contributed by atoms with van der Waals surface area (Å²) in [4.78, 5) is 3.69. The van der Waals surface area contributed by atoms with Gasteiger partial charge in [-0.15, -0.1) is 0 Å². The Labute approximate surface area is 74.4 Å². The minimum atomic E-state index is -0.363. The Balaban J connectivity index is 2.82. The molecule has 0 aliphatic heterocycles. The summed E-state index contributed by atoms with van der Waals surface area (Å²) in [6, 6.07) is 1.39. The van der Waals surface area contributed by atoms with Crippen LogP contribution in [-0.2, 0) is 0 Å². The van der Waals surface area contributed by atoms with Crippen LogP contribution in [0.5, 0.6) is 0 Å². The molecule has 0 radical (unpaired) electrons. The van der Waals surface area contributed by atoms with E-state index in [0.717, 1.165) is 23.5 Å². The number of nitriles is 1. The number of hydrogen-bond donors (Lipinski definition) is 0. The molecule has 0 bridgehead atoms. The van der Waals surface area contributed by atoms with E-state index in [-0.39, 0.29) is 11.1 Å². The van der Waals surface area contributed by atoms with E-state index < -0.39 is 0 Å². The Kier molecular flexibility index (Phi) is 3.06. The normalized spacial score (nSPS) is 12.1. The second-order valence-corrected chi connectivity index (χ2v) is 3.41. The molecule has 0 aromatic carbocycles. The van der Waals surface area contributed by atoms with Crippen molar-refractivity contribution in [3.63, 3.8) is 0 Å². The van der Waals surface area contributed by atoms with Crippen molar-refractivity contribution in [3.05, 3.63) is 29.8 Å². The number of nitrogens with zero attached hydrogens (tertiary/aromatic N) is 2. The van der Waals surface area contributed by atoms with Crippen molar-refractivity contribution in [2.24, 2.45) is 0 Å². The average Bonchev–Trinajstić information content (AvgIpc) is 2.05. The van der Waals surface area contributed by atoms with E-state index in [9.17, 15) is 4.39 Å². The molecule has 0 saturated carbocycles. The van der Waals surface area contributed by atoms with Gasteiger partial charge in [0, 0.05) is 11.4 Å². The fourth-order valence-electron chi connectivity index (χ4n) is 0.798. The Bertz CT molecular complexity index is 308. The van der Waals surface area contributed by atoms with Crippen LogP contribution in [0, 0.1) is 16.5 Å². The molecule has 1 rings (SSSR count). The maximum atomic E-state index is 12.6. The minimum Gasteiger partial charge on any atom is -0.261 e. The molecule has 62 valence electrons. The molecular weight excluding hydrogens is 175 g/mol. The van der Waals surface area contributed by atoms with Crippen molar-refractivity contribution in [3.8, 4) is 5.40 Å².